The topological polar surface area (TPSA) is 52.6 Å². The standard InChI is InChI=1S/C26H20O4/c1-17-3-11-23(12-4-17)29-25(27)20-9-7-19-8-10-21(16-22(19)15-20)26(28)30-24-13-5-18(2)6-14-24/h3-16H,1-2H3. The Morgan fingerprint density at radius 2 is 0.933 bits per heavy atom. The molecular formula is C26H20O4. The largest absolute Gasteiger partial charge is 0.423 e. The normalized spacial score (nSPS) is 10.6. The summed E-state index contributed by atoms with van der Waals surface area (Å²) in [6.07, 6.45) is 0. The van der Waals surface area contributed by atoms with Crippen LogP contribution in [0, 0.1) is 13.8 Å². The van der Waals surface area contributed by atoms with Crippen molar-refractivity contribution in [3.05, 3.63) is 107 Å². The number of benzene rings is 4. The van der Waals surface area contributed by atoms with Crippen molar-refractivity contribution in [1.29, 1.82) is 0 Å². The smallest absolute Gasteiger partial charge is 0.343 e. The summed E-state index contributed by atoms with van der Waals surface area (Å²) in [6.45, 7) is 3.94. The number of hydrogen-bond acceptors (Lipinski definition) is 4. The summed E-state index contributed by atoms with van der Waals surface area (Å²) in [6, 6.07) is 25.1. The van der Waals surface area contributed by atoms with E-state index in [0.29, 0.717) is 22.6 Å². The molecule has 0 unspecified atom stereocenters. The number of esters is 2. The van der Waals surface area contributed by atoms with Crippen molar-refractivity contribution in [2.75, 3.05) is 0 Å². The lowest BCUT2D eigenvalue weighted by atomic mass is 10.0. The molecule has 0 saturated carbocycles. The highest BCUT2D eigenvalue weighted by Crippen LogP contribution is 2.21. The van der Waals surface area contributed by atoms with E-state index in [9.17, 15) is 9.59 Å². The van der Waals surface area contributed by atoms with E-state index in [1.807, 2.05) is 50.2 Å². The summed E-state index contributed by atoms with van der Waals surface area (Å²) in [5, 5.41) is 1.67. The van der Waals surface area contributed by atoms with E-state index in [1.165, 1.54) is 0 Å². The van der Waals surface area contributed by atoms with E-state index < -0.39 is 11.9 Å². The van der Waals surface area contributed by atoms with Crippen LogP contribution >= 0.6 is 0 Å². The summed E-state index contributed by atoms with van der Waals surface area (Å²) in [5.74, 6) is 0.0732. The van der Waals surface area contributed by atoms with Crippen LogP contribution < -0.4 is 9.47 Å². The van der Waals surface area contributed by atoms with Gasteiger partial charge in [0.2, 0.25) is 0 Å². The van der Waals surface area contributed by atoms with Crippen LogP contribution in [0.4, 0.5) is 0 Å². The molecule has 4 rings (SSSR count). The number of ether oxygens (including phenoxy) is 2. The van der Waals surface area contributed by atoms with Gasteiger partial charge < -0.3 is 9.47 Å². The number of hydrogen-bond donors (Lipinski definition) is 0. The van der Waals surface area contributed by atoms with Crippen LogP contribution in [-0.2, 0) is 0 Å². The van der Waals surface area contributed by atoms with E-state index >= 15 is 0 Å². The Morgan fingerprint density at radius 1 is 0.533 bits per heavy atom. The summed E-state index contributed by atoms with van der Waals surface area (Å²) in [5.41, 5.74) is 3.00. The summed E-state index contributed by atoms with van der Waals surface area (Å²) in [4.78, 5) is 25.0. The lowest BCUT2D eigenvalue weighted by molar-refractivity contribution is 0.0726. The van der Waals surface area contributed by atoms with E-state index in [4.69, 9.17) is 9.47 Å². The minimum atomic E-state index is -0.451. The van der Waals surface area contributed by atoms with Gasteiger partial charge >= 0.3 is 11.9 Å². The third-order valence-corrected chi connectivity index (χ3v) is 4.77. The Morgan fingerprint density at radius 3 is 1.33 bits per heavy atom. The zero-order valence-electron chi connectivity index (χ0n) is 16.7. The Balaban J connectivity index is 1.55. The highest BCUT2D eigenvalue weighted by Gasteiger charge is 2.12. The minimum Gasteiger partial charge on any atom is -0.423 e. The first-order chi connectivity index (χ1) is 14.5. The van der Waals surface area contributed by atoms with Gasteiger partial charge in [0.25, 0.3) is 0 Å². The van der Waals surface area contributed by atoms with Crippen molar-refractivity contribution < 1.29 is 19.1 Å². The molecule has 0 radical (unpaired) electrons. The molecule has 0 atom stereocenters. The van der Waals surface area contributed by atoms with Gasteiger partial charge in [-0.15, -0.1) is 0 Å². The fourth-order valence-electron chi connectivity index (χ4n) is 3.05. The molecule has 30 heavy (non-hydrogen) atoms. The molecule has 0 spiro atoms. The van der Waals surface area contributed by atoms with Gasteiger partial charge in [0.1, 0.15) is 11.5 Å². The quantitative estimate of drug-likeness (QED) is 0.319. The number of carbonyl (C=O) groups excluding carboxylic acids is 2. The molecule has 0 heterocycles. The van der Waals surface area contributed by atoms with Gasteiger partial charge in [-0.1, -0.05) is 47.5 Å². The van der Waals surface area contributed by atoms with Crippen molar-refractivity contribution in [3.63, 3.8) is 0 Å². The average molecular weight is 396 g/mol. The molecule has 4 aromatic carbocycles. The number of fused-ring (bicyclic) bond motifs is 1. The van der Waals surface area contributed by atoms with Gasteiger partial charge in [-0.2, -0.15) is 0 Å². The maximum Gasteiger partial charge on any atom is 0.343 e. The van der Waals surface area contributed by atoms with Crippen LogP contribution in [0.5, 0.6) is 11.5 Å². The molecule has 0 amide bonds. The number of carbonyl (C=O) groups is 2. The first-order valence-corrected chi connectivity index (χ1v) is 9.59. The first kappa shape index (κ1) is 19.4. The predicted octanol–water partition coefficient (Wildman–Crippen LogP) is 5.90. The molecular weight excluding hydrogens is 376 g/mol. The van der Waals surface area contributed by atoms with Gasteiger partial charge in [0.05, 0.1) is 11.1 Å². The van der Waals surface area contributed by atoms with E-state index in [0.717, 1.165) is 21.9 Å². The molecule has 0 saturated heterocycles. The highest BCUT2D eigenvalue weighted by molar-refractivity contribution is 6.00. The van der Waals surface area contributed by atoms with Gasteiger partial charge in [-0.05, 0) is 73.2 Å². The molecule has 4 nitrogen and oxygen atoms in total. The van der Waals surface area contributed by atoms with Gasteiger partial charge in [-0.25, -0.2) is 9.59 Å². The zero-order valence-corrected chi connectivity index (χ0v) is 16.7. The molecule has 0 aliphatic carbocycles. The average Bonchev–Trinajstić information content (AvgIpc) is 2.76. The molecule has 4 heteroatoms. The second kappa shape index (κ2) is 8.21. The molecule has 4 aromatic rings. The van der Waals surface area contributed by atoms with Gasteiger partial charge in [-0.3, -0.25) is 0 Å². The van der Waals surface area contributed by atoms with Crippen LogP contribution in [0.25, 0.3) is 10.8 Å². The predicted molar refractivity (Wildman–Crippen MR) is 116 cm³/mol. The molecule has 0 aliphatic rings. The first-order valence-electron chi connectivity index (χ1n) is 9.59. The third kappa shape index (κ3) is 4.39. The maximum atomic E-state index is 12.5. The monoisotopic (exact) mass is 396 g/mol. The SMILES string of the molecule is Cc1ccc(OC(=O)c2ccc3ccc(C(=O)Oc4ccc(C)cc4)cc3c2)cc1. The molecule has 0 aromatic heterocycles. The van der Waals surface area contributed by atoms with Crippen molar-refractivity contribution in [2.24, 2.45) is 0 Å². The second-order valence-electron chi connectivity index (χ2n) is 7.18. The molecule has 148 valence electrons. The van der Waals surface area contributed by atoms with Crippen LogP contribution in [0.2, 0.25) is 0 Å². The van der Waals surface area contributed by atoms with E-state index in [-0.39, 0.29) is 0 Å². The summed E-state index contributed by atoms with van der Waals surface area (Å²) < 4.78 is 10.9. The van der Waals surface area contributed by atoms with Crippen LogP contribution in [-0.4, -0.2) is 11.9 Å². The Hall–Kier alpha value is -3.92. The van der Waals surface area contributed by atoms with Crippen LogP contribution in [0.1, 0.15) is 31.8 Å². The van der Waals surface area contributed by atoms with Crippen molar-refractivity contribution in [2.45, 2.75) is 13.8 Å². The fraction of sp³-hybridized carbons (Fsp3) is 0.0769. The van der Waals surface area contributed by atoms with Crippen molar-refractivity contribution in [3.8, 4) is 11.5 Å². The fourth-order valence-corrected chi connectivity index (χ4v) is 3.05. The summed E-state index contributed by atoms with van der Waals surface area (Å²) in [7, 11) is 0. The Labute approximate surface area is 174 Å². The van der Waals surface area contributed by atoms with Crippen LogP contribution in [0.3, 0.4) is 0 Å². The van der Waals surface area contributed by atoms with E-state index in [2.05, 4.69) is 0 Å². The molecule has 0 bridgehead atoms. The van der Waals surface area contributed by atoms with Gasteiger partial charge in [0.15, 0.2) is 0 Å². The lowest BCUT2D eigenvalue weighted by Gasteiger charge is -2.08. The van der Waals surface area contributed by atoms with Gasteiger partial charge in [0, 0.05) is 0 Å². The lowest BCUT2D eigenvalue weighted by Crippen LogP contribution is -2.09. The Bertz CT molecular complexity index is 1130. The molecule has 0 N–H and O–H groups in total. The molecule has 0 aliphatic heterocycles. The van der Waals surface area contributed by atoms with Crippen molar-refractivity contribution >= 4 is 22.7 Å². The van der Waals surface area contributed by atoms with Crippen LogP contribution in [0.15, 0.2) is 84.9 Å². The Kier molecular flexibility index (Phi) is 5.31. The highest BCUT2D eigenvalue weighted by atomic mass is 16.5. The summed E-state index contributed by atoms with van der Waals surface area (Å²) >= 11 is 0. The number of rotatable bonds is 4. The second-order valence-corrected chi connectivity index (χ2v) is 7.18. The van der Waals surface area contributed by atoms with Crippen molar-refractivity contribution in [1.82, 2.24) is 0 Å². The van der Waals surface area contributed by atoms with E-state index in [1.54, 1.807) is 48.5 Å². The molecule has 0 fully saturated rings. The zero-order chi connectivity index (χ0) is 21.1. The third-order valence-electron chi connectivity index (χ3n) is 4.77. The maximum absolute atomic E-state index is 12.5. The minimum absolute atomic E-state index is 0.409. The number of aryl methyl sites for hydroxylation is 2.